The highest BCUT2D eigenvalue weighted by molar-refractivity contribution is 7.20. The maximum atomic E-state index is 6.13. The predicted octanol–water partition coefficient (Wildman–Crippen LogP) is 3.70. The predicted molar refractivity (Wildman–Crippen MR) is 71.8 cm³/mol. The molecule has 1 radical (unpaired) electrons. The molecule has 0 saturated carbocycles. The van der Waals surface area contributed by atoms with Gasteiger partial charge in [0.1, 0.15) is 5.82 Å². The first-order chi connectivity index (χ1) is 8.75. The molecule has 0 aliphatic heterocycles. The highest BCUT2D eigenvalue weighted by atomic mass is 35.5. The third-order valence-corrected chi connectivity index (χ3v) is 3.97. The number of imidazole rings is 1. The van der Waals surface area contributed by atoms with E-state index in [-0.39, 0.29) is 0 Å². The van der Waals surface area contributed by atoms with E-state index >= 15 is 0 Å². The van der Waals surface area contributed by atoms with E-state index in [4.69, 9.17) is 23.2 Å². The number of nitrogens with one attached hydrogen (secondary N) is 1. The number of aromatic nitrogens is 4. The van der Waals surface area contributed by atoms with Gasteiger partial charge >= 0.3 is 0 Å². The second-order valence-electron chi connectivity index (χ2n) is 3.40. The van der Waals surface area contributed by atoms with Gasteiger partial charge in [-0.05, 0) is 6.07 Å². The minimum Gasteiger partial charge on any atom is -0.345 e. The molecular formula is C11H5Cl2N4S. The fourth-order valence-electron chi connectivity index (χ4n) is 1.55. The van der Waals surface area contributed by atoms with Crippen LogP contribution in [0.1, 0.15) is 0 Å². The van der Waals surface area contributed by atoms with E-state index in [1.807, 2.05) is 0 Å². The molecule has 0 fully saturated rings. The Morgan fingerprint density at radius 2 is 2.22 bits per heavy atom. The molecule has 3 rings (SSSR count). The number of nitrogens with zero attached hydrogens (tertiary/aromatic N) is 3. The number of rotatable bonds is 2. The normalized spacial score (nSPS) is 10.8. The third-order valence-electron chi connectivity index (χ3n) is 2.29. The Bertz CT molecular complexity index is 678. The van der Waals surface area contributed by atoms with E-state index in [1.54, 1.807) is 24.7 Å². The van der Waals surface area contributed by atoms with Gasteiger partial charge in [0.15, 0.2) is 6.33 Å². The highest BCUT2D eigenvalue weighted by Crippen LogP contribution is 2.40. The smallest absolute Gasteiger partial charge is 0.198 e. The number of H-pyrrole nitrogens is 1. The van der Waals surface area contributed by atoms with E-state index in [1.165, 1.54) is 11.3 Å². The van der Waals surface area contributed by atoms with Crippen molar-refractivity contribution in [2.75, 3.05) is 0 Å². The topological polar surface area (TPSA) is 54.5 Å². The van der Waals surface area contributed by atoms with Crippen LogP contribution in [-0.2, 0) is 0 Å². The molecule has 89 valence electrons. The molecule has 0 aliphatic rings. The lowest BCUT2D eigenvalue weighted by atomic mass is 10.2. The lowest BCUT2D eigenvalue weighted by molar-refractivity contribution is 1.14. The van der Waals surface area contributed by atoms with Crippen LogP contribution in [0.4, 0.5) is 0 Å². The first kappa shape index (κ1) is 11.6. The summed E-state index contributed by atoms with van der Waals surface area (Å²) in [5, 5.41) is 0.560. The van der Waals surface area contributed by atoms with Crippen LogP contribution in [0, 0.1) is 6.33 Å². The highest BCUT2D eigenvalue weighted by Gasteiger charge is 2.16. The summed E-state index contributed by atoms with van der Waals surface area (Å²) in [4.78, 5) is 16.0. The standard InChI is InChI=1S/C11H5Cl2N4S/c12-7-3-8(13)18-10(7)9-6(4-14-5-17-9)11-15-1-2-16-11/h1-4H,(H,15,16). The molecular weight excluding hydrogens is 291 g/mol. The van der Waals surface area contributed by atoms with Gasteiger partial charge in [-0.15, -0.1) is 11.3 Å². The van der Waals surface area contributed by atoms with Gasteiger partial charge in [-0.3, -0.25) is 0 Å². The van der Waals surface area contributed by atoms with Crippen molar-refractivity contribution in [3.05, 3.63) is 40.3 Å². The number of hydrogen-bond donors (Lipinski definition) is 1. The zero-order chi connectivity index (χ0) is 12.5. The third kappa shape index (κ3) is 2.01. The van der Waals surface area contributed by atoms with Crippen LogP contribution in [0.5, 0.6) is 0 Å². The monoisotopic (exact) mass is 295 g/mol. The van der Waals surface area contributed by atoms with Crippen LogP contribution in [0.15, 0.2) is 24.7 Å². The SMILES string of the molecule is Clc1cc(Cl)c(-c2n[c]ncc2-c2ncc[nH]2)s1. The Kier molecular flexibility index (Phi) is 3.03. The van der Waals surface area contributed by atoms with Gasteiger partial charge < -0.3 is 4.98 Å². The Labute approximate surface area is 117 Å². The fourth-order valence-corrected chi connectivity index (χ4v) is 3.11. The summed E-state index contributed by atoms with van der Waals surface area (Å²) < 4.78 is 0.610. The quantitative estimate of drug-likeness (QED) is 0.784. The van der Waals surface area contributed by atoms with Crippen molar-refractivity contribution in [1.82, 2.24) is 19.9 Å². The first-order valence-electron chi connectivity index (χ1n) is 4.94. The molecule has 3 aromatic heterocycles. The van der Waals surface area contributed by atoms with Gasteiger partial charge in [0.25, 0.3) is 0 Å². The largest absolute Gasteiger partial charge is 0.345 e. The van der Waals surface area contributed by atoms with Crippen LogP contribution in [0.2, 0.25) is 9.36 Å². The number of thiophene rings is 1. The van der Waals surface area contributed by atoms with Gasteiger partial charge in [-0.25, -0.2) is 15.0 Å². The van der Waals surface area contributed by atoms with E-state index < -0.39 is 0 Å². The van der Waals surface area contributed by atoms with E-state index in [2.05, 4.69) is 26.3 Å². The van der Waals surface area contributed by atoms with Gasteiger partial charge in [-0.1, -0.05) is 23.2 Å². The van der Waals surface area contributed by atoms with Gasteiger partial charge in [-0.2, -0.15) is 0 Å². The lowest BCUT2D eigenvalue weighted by Gasteiger charge is -2.03. The summed E-state index contributed by atoms with van der Waals surface area (Å²) >= 11 is 13.4. The van der Waals surface area contributed by atoms with E-state index in [9.17, 15) is 0 Å². The summed E-state index contributed by atoms with van der Waals surface area (Å²) in [6.45, 7) is 0. The molecule has 0 spiro atoms. The van der Waals surface area contributed by atoms with Crippen molar-refractivity contribution in [2.45, 2.75) is 0 Å². The van der Waals surface area contributed by atoms with E-state index in [0.717, 1.165) is 10.4 Å². The van der Waals surface area contributed by atoms with Crippen LogP contribution < -0.4 is 0 Å². The molecule has 7 heteroatoms. The minimum atomic E-state index is 0.560. The van der Waals surface area contributed by atoms with Crippen molar-refractivity contribution in [2.24, 2.45) is 0 Å². The van der Waals surface area contributed by atoms with Crippen LogP contribution in [0.25, 0.3) is 22.0 Å². The Morgan fingerprint density at radius 1 is 1.33 bits per heavy atom. The van der Waals surface area contributed by atoms with Gasteiger partial charge in [0.2, 0.25) is 0 Å². The Morgan fingerprint density at radius 3 is 2.89 bits per heavy atom. The van der Waals surface area contributed by atoms with Crippen molar-refractivity contribution in [1.29, 1.82) is 0 Å². The van der Waals surface area contributed by atoms with Crippen molar-refractivity contribution >= 4 is 34.5 Å². The summed E-state index contributed by atoms with van der Waals surface area (Å²) in [6.07, 6.45) is 7.61. The molecule has 3 heterocycles. The van der Waals surface area contributed by atoms with Crippen LogP contribution in [-0.4, -0.2) is 19.9 Å². The zero-order valence-electron chi connectivity index (χ0n) is 8.82. The molecule has 1 N–H and O–H groups in total. The summed E-state index contributed by atoms with van der Waals surface area (Å²) in [6, 6.07) is 1.69. The molecule has 0 aliphatic carbocycles. The number of halogens is 2. The molecule has 4 nitrogen and oxygen atoms in total. The molecule has 0 amide bonds. The molecule has 0 unspecified atom stereocenters. The molecule has 3 aromatic rings. The maximum absolute atomic E-state index is 6.13. The van der Waals surface area contributed by atoms with E-state index in [0.29, 0.717) is 20.9 Å². The molecule has 0 bridgehead atoms. The van der Waals surface area contributed by atoms with Crippen molar-refractivity contribution in [3.8, 4) is 22.0 Å². The average Bonchev–Trinajstić information content (AvgIpc) is 2.99. The summed E-state index contributed by atoms with van der Waals surface area (Å²) in [5.41, 5.74) is 1.43. The van der Waals surface area contributed by atoms with Crippen LogP contribution in [0.3, 0.4) is 0 Å². The Balaban J connectivity index is 2.21. The second-order valence-corrected chi connectivity index (χ2v) is 5.49. The molecule has 0 aromatic carbocycles. The molecule has 0 atom stereocenters. The average molecular weight is 296 g/mol. The minimum absolute atomic E-state index is 0.560. The number of hydrogen-bond acceptors (Lipinski definition) is 4. The zero-order valence-corrected chi connectivity index (χ0v) is 11.1. The molecule has 0 saturated heterocycles. The summed E-state index contributed by atoms with van der Waals surface area (Å²) in [5.74, 6) is 0.680. The second kappa shape index (κ2) is 4.68. The number of aromatic amines is 1. The maximum Gasteiger partial charge on any atom is 0.198 e. The fraction of sp³-hybridized carbons (Fsp3) is 0. The lowest BCUT2D eigenvalue weighted by Crippen LogP contribution is -1.91. The summed E-state index contributed by atoms with van der Waals surface area (Å²) in [7, 11) is 0. The Hall–Kier alpha value is -1.43. The van der Waals surface area contributed by atoms with Crippen molar-refractivity contribution in [3.63, 3.8) is 0 Å². The molecule has 18 heavy (non-hydrogen) atoms. The van der Waals surface area contributed by atoms with Crippen LogP contribution >= 0.6 is 34.5 Å². The van der Waals surface area contributed by atoms with Gasteiger partial charge in [0.05, 0.1) is 25.5 Å². The van der Waals surface area contributed by atoms with Gasteiger partial charge in [0, 0.05) is 18.6 Å². The van der Waals surface area contributed by atoms with Crippen molar-refractivity contribution < 1.29 is 0 Å². The first-order valence-corrected chi connectivity index (χ1v) is 6.51.